The fourth-order valence-corrected chi connectivity index (χ4v) is 2.33. The van der Waals surface area contributed by atoms with Gasteiger partial charge in [-0.3, -0.25) is 0 Å². The third kappa shape index (κ3) is 6.81. The summed E-state index contributed by atoms with van der Waals surface area (Å²) in [6, 6.07) is 17.3. The highest BCUT2D eigenvalue weighted by Crippen LogP contribution is 2.13. The number of carbonyl (C=O) groups is 1. The van der Waals surface area contributed by atoms with E-state index < -0.39 is 12.2 Å². The summed E-state index contributed by atoms with van der Waals surface area (Å²) in [5.41, 5.74) is 7.21. The lowest BCUT2D eigenvalue weighted by Crippen LogP contribution is -2.29. The van der Waals surface area contributed by atoms with Gasteiger partial charge < -0.3 is 20.9 Å². The minimum absolute atomic E-state index is 0.441. The molecular weight excluding hydrogens is 304 g/mol. The summed E-state index contributed by atoms with van der Waals surface area (Å²) < 4.78 is 4.85. The summed E-state index contributed by atoms with van der Waals surface area (Å²) in [5.74, 6) is 0.441. The van der Waals surface area contributed by atoms with Gasteiger partial charge in [0.1, 0.15) is 5.75 Å². The molecule has 0 aliphatic heterocycles. The molecule has 2 aromatic carbocycles. The number of aliphatic hydroxyl groups is 1. The van der Waals surface area contributed by atoms with E-state index in [0.29, 0.717) is 12.3 Å². The van der Waals surface area contributed by atoms with Gasteiger partial charge >= 0.3 is 6.09 Å². The Bertz CT molecular complexity index is 632. The molecule has 2 rings (SSSR count). The smallest absolute Gasteiger partial charge is 0.409 e. The van der Waals surface area contributed by atoms with Crippen molar-refractivity contribution in [1.82, 2.24) is 5.32 Å². The zero-order valence-electron chi connectivity index (χ0n) is 13.5. The van der Waals surface area contributed by atoms with Crippen molar-refractivity contribution in [2.45, 2.75) is 18.9 Å². The number of nitrogens with one attached hydrogen (secondary N) is 1. The Morgan fingerprint density at radius 1 is 1.17 bits per heavy atom. The lowest BCUT2D eigenvalue weighted by Gasteiger charge is -2.12. The lowest BCUT2D eigenvalue weighted by atomic mass is 10.1. The van der Waals surface area contributed by atoms with Crippen molar-refractivity contribution in [3.8, 4) is 5.75 Å². The molecule has 0 aliphatic carbocycles. The molecule has 1 radical (unpaired) electrons. The van der Waals surface area contributed by atoms with E-state index >= 15 is 0 Å². The van der Waals surface area contributed by atoms with E-state index in [1.165, 1.54) is 5.56 Å². The number of nitrogens with two attached hydrogens (primary N) is 1. The molecule has 5 nitrogen and oxygen atoms in total. The number of hydrogen-bond acceptors (Lipinski definition) is 4. The first-order chi connectivity index (χ1) is 11.6. The average Bonchev–Trinajstić information content (AvgIpc) is 2.58. The number of benzene rings is 2. The Balaban J connectivity index is 1.64. The number of primary amides is 1. The van der Waals surface area contributed by atoms with Crippen LogP contribution >= 0.6 is 0 Å². The molecule has 0 spiro atoms. The predicted molar refractivity (Wildman–Crippen MR) is 93.7 cm³/mol. The van der Waals surface area contributed by atoms with Crippen LogP contribution < -0.4 is 15.8 Å². The molecule has 0 saturated heterocycles. The molecule has 2 aromatic rings. The van der Waals surface area contributed by atoms with Gasteiger partial charge in [0, 0.05) is 6.54 Å². The molecular formula is C19H23N2O3. The van der Waals surface area contributed by atoms with Crippen molar-refractivity contribution in [2.24, 2.45) is 5.73 Å². The van der Waals surface area contributed by atoms with Crippen LogP contribution in [0.5, 0.6) is 5.75 Å². The minimum Gasteiger partial charge on any atom is -0.410 e. The van der Waals surface area contributed by atoms with Gasteiger partial charge in [0.25, 0.3) is 0 Å². The Morgan fingerprint density at radius 2 is 1.92 bits per heavy atom. The summed E-state index contributed by atoms with van der Waals surface area (Å²) >= 11 is 0. The van der Waals surface area contributed by atoms with Gasteiger partial charge in [-0.05, 0) is 49.1 Å². The molecule has 1 atom stereocenters. The van der Waals surface area contributed by atoms with Crippen molar-refractivity contribution in [3.05, 3.63) is 72.1 Å². The zero-order chi connectivity index (χ0) is 17.2. The first-order valence-corrected chi connectivity index (χ1v) is 7.96. The van der Waals surface area contributed by atoms with Gasteiger partial charge in [0.05, 0.1) is 6.10 Å². The van der Waals surface area contributed by atoms with Crippen molar-refractivity contribution in [3.63, 3.8) is 0 Å². The number of amides is 1. The second-order valence-corrected chi connectivity index (χ2v) is 5.52. The average molecular weight is 327 g/mol. The van der Waals surface area contributed by atoms with Crippen LogP contribution in [0.4, 0.5) is 4.79 Å². The summed E-state index contributed by atoms with van der Waals surface area (Å²) in [7, 11) is 0. The molecule has 0 fully saturated rings. The van der Waals surface area contributed by atoms with Gasteiger partial charge in [0.15, 0.2) is 0 Å². The van der Waals surface area contributed by atoms with Crippen molar-refractivity contribution in [1.29, 1.82) is 0 Å². The van der Waals surface area contributed by atoms with Crippen LogP contribution in [0, 0.1) is 6.42 Å². The van der Waals surface area contributed by atoms with Crippen LogP contribution in [-0.2, 0) is 12.8 Å². The summed E-state index contributed by atoms with van der Waals surface area (Å²) in [6.45, 7) is 1.22. The van der Waals surface area contributed by atoms with Crippen LogP contribution in [0.3, 0.4) is 0 Å². The maximum absolute atomic E-state index is 10.7. The number of hydrogen-bond donors (Lipinski definition) is 3. The maximum Gasteiger partial charge on any atom is 0.409 e. The highest BCUT2D eigenvalue weighted by atomic mass is 16.5. The Kier molecular flexibility index (Phi) is 7.26. The van der Waals surface area contributed by atoms with Gasteiger partial charge in [-0.1, -0.05) is 42.5 Å². The standard InChI is InChI=1S/C19H23N2O3/c20-19(23)24-18-8-4-7-16(13-18)11-12-21-14-17(22)10-9-15-5-2-1-3-6-15/h1-8,10,13,17,21-22H,9,11-12,14H2,(H2,20,23)/t17-/m1/s1. The zero-order valence-corrected chi connectivity index (χ0v) is 13.5. The first-order valence-electron chi connectivity index (χ1n) is 7.96. The Labute approximate surface area is 142 Å². The second kappa shape index (κ2) is 9.70. The van der Waals surface area contributed by atoms with E-state index in [0.717, 1.165) is 24.9 Å². The number of carbonyl (C=O) groups excluding carboxylic acids is 1. The van der Waals surface area contributed by atoms with Gasteiger partial charge in [-0.2, -0.15) is 0 Å². The molecule has 0 saturated carbocycles. The van der Waals surface area contributed by atoms with E-state index in [1.54, 1.807) is 12.1 Å². The van der Waals surface area contributed by atoms with E-state index in [2.05, 4.69) is 5.32 Å². The second-order valence-electron chi connectivity index (χ2n) is 5.52. The normalized spacial score (nSPS) is 11.9. The van der Waals surface area contributed by atoms with Crippen LogP contribution in [0.25, 0.3) is 0 Å². The SMILES string of the molecule is NC(=O)Oc1cccc(CCNC[C@H](O)[CH]Cc2ccccc2)c1. The van der Waals surface area contributed by atoms with Crippen molar-refractivity contribution in [2.75, 3.05) is 13.1 Å². The maximum atomic E-state index is 10.7. The molecule has 127 valence electrons. The number of aliphatic hydroxyl groups excluding tert-OH is 1. The summed E-state index contributed by atoms with van der Waals surface area (Å²) in [6.07, 6.45) is 2.10. The monoisotopic (exact) mass is 327 g/mol. The fourth-order valence-electron chi connectivity index (χ4n) is 2.33. The lowest BCUT2D eigenvalue weighted by molar-refractivity contribution is 0.201. The van der Waals surface area contributed by atoms with Crippen LogP contribution in [0.1, 0.15) is 11.1 Å². The van der Waals surface area contributed by atoms with E-state index in [9.17, 15) is 9.90 Å². The fraction of sp³-hybridized carbons (Fsp3) is 0.263. The third-order valence-corrected chi connectivity index (χ3v) is 3.53. The molecule has 5 heteroatoms. The van der Waals surface area contributed by atoms with Crippen LogP contribution in [-0.4, -0.2) is 30.4 Å². The summed E-state index contributed by atoms with van der Waals surface area (Å²) in [5, 5.41) is 13.2. The first kappa shape index (κ1) is 18.0. The van der Waals surface area contributed by atoms with Crippen molar-refractivity contribution >= 4 is 6.09 Å². The molecule has 0 aliphatic rings. The number of ether oxygens (including phenoxy) is 1. The summed E-state index contributed by atoms with van der Waals surface area (Å²) in [4.78, 5) is 10.7. The van der Waals surface area contributed by atoms with Crippen LogP contribution in [0.2, 0.25) is 0 Å². The molecule has 0 heterocycles. The number of rotatable bonds is 9. The largest absolute Gasteiger partial charge is 0.410 e. The van der Waals surface area contributed by atoms with Gasteiger partial charge in [-0.25, -0.2) is 4.79 Å². The molecule has 0 unspecified atom stereocenters. The van der Waals surface area contributed by atoms with Crippen LogP contribution in [0.15, 0.2) is 54.6 Å². The molecule has 0 aromatic heterocycles. The van der Waals surface area contributed by atoms with E-state index in [-0.39, 0.29) is 0 Å². The molecule has 24 heavy (non-hydrogen) atoms. The Hall–Kier alpha value is -2.37. The predicted octanol–water partition coefficient (Wildman–Crippen LogP) is 2.08. The highest BCUT2D eigenvalue weighted by Gasteiger charge is 2.05. The Morgan fingerprint density at radius 3 is 2.67 bits per heavy atom. The quantitative estimate of drug-likeness (QED) is 0.616. The third-order valence-electron chi connectivity index (χ3n) is 3.53. The van der Waals surface area contributed by atoms with E-state index in [4.69, 9.17) is 10.5 Å². The molecule has 4 N–H and O–H groups in total. The molecule has 1 amide bonds. The molecule has 0 bridgehead atoms. The minimum atomic E-state index is -0.817. The van der Waals surface area contributed by atoms with Gasteiger partial charge in [-0.15, -0.1) is 0 Å². The van der Waals surface area contributed by atoms with Gasteiger partial charge in [0.2, 0.25) is 0 Å². The van der Waals surface area contributed by atoms with E-state index in [1.807, 2.05) is 48.9 Å². The topological polar surface area (TPSA) is 84.6 Å². The van der Waals surface area contributed by atoms with Crippen molar-refractivity contribution < 1.29 is 14.6 Å². The highest BCUT2D eigenvalue weighted by molar-refractivity contribution is 5.68.